The molecule has 1 aromatic carbocycles. The average molecular weight is 430 g/mol. The molecule has 1 fully saturated rings. The summed E-state index contributed by atoms with van der Waals surface area (Å²) >= 11 is 0. The van der Waals surface area contributed by atoms with Crippen molar-refractivity contribution in [1.29, 1.82) is 0 Å². The summed E-state index contributed by atoms with van der Waals surface area (Å²) in [5.74, 6) is 6.45. The summed E-state index contributed by atoms with van der Waals surface area (Å²) < 4.78 is 6.69. The van der Waals surface area contributed by atoms with Gasteiger partial charge in [-0.1, -0.05) is 11.8 Å². The highest BCUT2D eigenvalue weighted by Gasteiger charge is 2.46. The predicted octanol–water partition coefficient (Wildman–Crippen LogP) is 1.57. The van der Waals surface area contributed by atoms with Crippen LogP contribution in [0.5, 0.6) is 11.6 Å². The maximum absolute atomic E-state index is 12.7. The van der Waals surface area contributed by atoms with Crippen LogP contribution in [-0.2, 0) is 11.3 Å². The summed E-state index contributed by atoms with van der Waals surface area (Å²) in [4.78, 5) is 36.3. The Bertz CT molecular complexity index is 1470. The maximum atomic E-state index is 12.7. The van der Waals surface area contributed by atoms with Crippen molar-refractivity contribution in [3.05, 3.63) is 48.0 Å². The first-order valence-electron chi connectivity index (χ1n) is 9.72. The molecule has 1 saturated heterocycles. The average Bonchev–Trinajstić information content (AvgIpc) is 3.38. The maximum Gasteiger partial charge on any atom is 0.323 e. The fourth-order valence-corrected chi connectivity index (χ4v) is 3.73. The minimum absolute atomic E-state index is 0.0648. The van der Waals surface area contributed by atoms with Crippen LogP contribution in [0.1, 0.15) is 11.4 Å². The number of nitrogens with one attached hydrogen (secondary N) is 3. The molecule has 4 N–H and O–H groups in total. The molecule has 1 aliphatic rings. The zero-order valence-electron chi connectivity index (χ0n) is 17.2. The van der Waals surface area contributed by atoms with E-state index in [0.29, 0.717) is 27.9 Å². The van der Waals surface area contributed by atoms with Gasteiger partial charge in [-0.25, -0.2) is 14.8 Å². The number of amides is 3. The normalized spacial score (nSPS) is 17.8. The number of methoxy groups -OCH3 is 1. The molecular weight excluding hydrogens is 412 g/mol. The Kier molecular flexibility index (Phi) is 4.27. The second kappa shape index (κ2) is 7.02. The molecule has 0 spiro atoms. The molecule has 0 unspecified atom stereocenters. The van der Waals surface area contributed by atoms with E-state index in [1.54, 1.807) is 36.7 Å². The molecule has 1 aliphatic heterocycles. The van der Waals surface area contributed by atoms with Crippen LogP contribution in [0.4, 0.5) is 4.79 Å². The van der Waals surface area contributed by atoms with E-state index in [1.807, 2.05) is 6.92 Å². The van der Waals surface area contributed by atoms with Gasteiger partial charge in [0.1, 0.15) is 11.6 Å². The highest BCUT2D eigenvalue weighted by Crippen LogP contribution is 2.32. The van der Waals surface area contributed by atoms with Gasteiger partial charge in [0.05, 0.1) is 19.2 Å². The quantitative estimate of drug-likeness (QED) is 0.288. The number of aromatic hydroxyl groups is 1. The van der Waals surface area contributed by atoms with E-state index in [9.17, 15) is 14.7 Å². The van der Waals surface area contributed by atoms with E-state index in [2.05, 4.69) is 37.4 Å². The van der Waals surface area contributed by atoms with Gasteiger partial charge in [-0.05, 0) is 31.2 Å². The van der Waals surface area contributed by atoms with Crippen LogP contribution in [0.3, 0.4) is 0 Å². The zero-order chi connectivity index (χ0) is 22.5. The summed E-state index contributed by atoms with van der Waals surface area (Å²) in [6.45, 7) is 1.72. The lowest BCUT2D eigenvalue weighted by Crippen LogP contribution is -2.49. The van der Waals surface area contributed by atoms with Crippen LogP contribution >= 0.6 is 0 Å². The van der Waals surface area contributed by atoms with Gasteiger partial charge in [-0.3, -0.25) is 10.1 Å². The van der Waals surface area contributed by atoms with Gasteiger partial charge in [-0.15, -0.1) is 0 Å². The minimum Gasteiger partial charge on any atom is -0.497 e. The fourth-order valence-electron chi connectivity index (χ4n) is 3.73. The summed E-state index contributed by atoms with van der Waals surface area (Å²) in [6, 6.07) is 6.38. The van der Waals surface area contributed by atoms with E-state index >= 15 is 0 Å². The molecule has 3 aromatic heterocycles. The Morgan fingerprint density at radius 2 is 2.12 bits per heavy atom. The lowest BCUT2D eigenvalue weighted by atomic mass is 10.00. The fraction of sp³-hybridized carbons (Fsp3) is 0.182. The van der Waals surface area contributed by atoms with Gasteiger partial charge >= 0.3 is 6.03 Å². The molecule has 5 rings (SSSR count). The smallest absolute Gasteiger partial charge is 0.323 e. The van der Waals surface area contributed by atoms with Crippen molar-refractivity contribution in [3.63, 3.8) is 0 Å². The number of carbonyl (C=O) groups excluding carboxylic acids is 2. The third kappa shape index (κ3) is 3.16. The highest BCUT2D eigenvalue weighted by atomic mass is 16.5. The van der Waals surface area contributed by atoms with Crippen LogP contribution in [0, 0.1) is 18.8 Å². The topological polar surface area (TPSA) is 134 Å². The summed E-state index contributed by atoms with van der Waals surface area (Å²) in [5.41, 5.74) is 0.244. The molecule has 160 valence electrons. The van der Waals surface area contributed by atoms with E-state index in [-0.39, 0.29) is 12.4 Å². The largest absolute Gasteiger partial charge is 0.497 e. The van der Waals surface area contributed by atoms with Gasteiger partial charge in [0.15, 0.2) is 11.5 Å². The molecule has 0 bridgehead atoms. The Morgan fingerprint density at radius 3 is 2.88 bits per heavy atom. The van der Waals surface area contributed by atoms with Gasteiger partial charge < -0.3 is 24.7 Å². The number of hydrogen-bond acceptors (Lipinski definition) is 6. The number of urea groups is 1. The Hall–Kier alpha value is -4.52. The molecule has 3 amide bonds. The molecule has 32 heavy (non-hydrogen) atoms. The standard InChI is InChI=1S/C22H18N6O4/c1-12-24-17-7-13(9-23-18(17)25-12)5-6-22(20(30)26-21(31)27-22)11-28-10-14-3-4-15(32-2)8-16(14)19(28)29/h3-4,7-10,29H,11H2,1-2H3,(H,23,24,25)(H2,26,27,30,31)/t22-/m1/s1. The predicted molar refractivity (Wildman–Crippen MR) is 115 cm³/mol. The number of benzene rings is 1. The van der Waals surface area contributed by atoms with Crippen molar-refractivity contribution in [2.45, 2.75) is 19.0 Å². The Balaban J connectivity index is 1.55. The van der Waals surface area contributed by atoms with E-state index in [1.165, 1.54) is 11.7 Å². The number of fused-ring (bicyclic) bond motifs is 2. The number of imidazole rings is 1. The zero-order valence-corrected chi connectivity index (χ0v) is 17.2. The number of aryl methyl sites for hydroxylation is 1. The summed E-state index contributed by atoms with van der Waals surface area (Å²) in [7, 11) is 1.54. The Labute approximate surface area is 181 Å². The lowest BCUT2D eigenvalue weighted by Gasteiger charge is -2.20. The molecule has 10 nitrogen and oxygen atoms in total. The first-order chi connectivity index (χ1) is 15.4. The first-order valence-corrected chi connectivity index (χ1v) is 9.72. The molecule has 0 aliphatic carbocycles. The van der Waals surface area contributed by atoms with Crippen LogP contribution in [-0.4, -0.2) is 49.2 Å². The molecule has 4 aromatic rings. The van der Waals surface area contributed by atoms with Crippen molar-refractivity contribution >= 4 is 33.9 Å². The Morgan fingerprint density at radius 1 is 1.28 bits per heavy atom. The van der Waals surface area contributed by atoms with Gasteiger partial charge in [0.2, 0.25) is 5.54 Å². The SMILES string of the molecule is COc1ccc2cn(C[C@@]3(C#Cc4cnc5nc(C)[nH]c5c4)NC(=O)NC3=O)c(O)c2c1. The van der Waals surface area contributed by atoms with E-state index in [4.69, 9.17) is 4.74 Å². The molecule has 1 atom stereocenters. The van der Waals surface area contributed by atoms with Crippen molar-refractivity contribution in [3.8, 4) is 23.5 Å². The van der Waals surface area contributed by atoms with Crippen molar-refractivity contribution in [2.75, 3.05) is 7.11 Å². The second-order valence-electron chi connectivity index (χ2n) is 7.51. The number of nitrogens with zero attached hydrogens (tertiary/aromatic N) is 3. The van der Waals surface area contributed by atoms with E-state index < -0.39 is 17.5 Å². The number of aromatic amines is 1. The van der Waals surface area contributed by atoms with Gasteiger partial charge in [0, 0.05) is 28.7 Å². The monoisotopic (exact) mass is 430 g/mol. The van der Waals surface area contributed by atoms with Crippen molar-refractivity contribution < 1.29 is 19.4 Å². The van der Waals surface area contributed by atoms with Crippen LogP contribution in [0.2, 0.25) is 0 Å². The molecule has 4 heterocycles. The molecular formula is C22H18N6O4. The number of rotatable bonds is 3. The third-order valence-corrected chi connectivity index (χ3v) is 5.29. The van der Waals surface area contributed by atoms with Crippen LogP contribution in [0.15, 0.2) is 36.7 Å². The number of H-pyrrole nitrogens is 1. The highest BCUT2D eigenvalue weighted by molar-refractivity contribution is 6.09. The number of carbonyl (C=O) groups is 2. The second-order valence-corrected chi connectivity index (χ2v) is 7.51. The minimum atomic E-state index is -1.58. The molecule has 10 heteroatoms. The number of imide groups is 1. The number of pyridine rings is 1. The molecule has 0 radical (unpaired) electrons. The number of ether oxygens (including phenoxy) is 1. The third-order valence-electron chi connectivity index (χ3n) is 5.29. The van der Waals surface area contributed by atoms with E-state index in [0.717, 1.165) is 11.2 Å². The van der Waals surface area contributed by atoms with Gasteiger partial charge in [-0.2, -0.15) is 0 Å². The summed E-state index contributed by atoms with van der Waals surface area (Å²) in [6.07, 6.45) is 3.23. The molecule has 0 saturated carbocycles. The number of aromatic nitrogens is 4. The summed E-state index contributed by atoms with van der Waals surface area (Å²) in [5, 5.41) is 16.9. The first kappa shape index (κ1) is 19.4. The van der Waals surface area contributed by atoms with Gasteiger partial charge in [0.25, 0.3) is 5.91 Å². The van der Waals surface area contributed by atoms with Crippen LogP contribution in [0.25, 0.3) is 21.9 Å². The van der Waals surface area contributed by atoms with Crippen LogP contribution < -0.4 is 15.4 Å². The number of hydrogen-bond donors (Lipinski definition) is 4. The lowest BCUT2D eigenvalue weighted by molar-refractivity contribution is -0.122. The van der Waals surface area contributed by atoms with Crippen molar-refractivity contribution in [2.24, 2.45) is 0 Å². The van der Waals surface area contributed by atoms with Crippen molar-refractivity contribution in [1.82, 2.24) is 30.2 Å².